The summed E-state index contributed by atoms with van der Waals surface area (Å²) in [7, 11) is 0. The highest BCUT2D eigenvalue weighted by Gasteiger charge is 2.72. The second-order valence-electron chi connectivity index (χ2n) is 4.53. The molecule has 0 aromatic rings. The average Bonchev–Trinajstić information content (AvgIpc) is 2.20. The Bertz CT molecular complexity index is 246. The van der Waals surface area contributed by atoms with Gasteiger partial charge in [-0.05, 0) is 18.8 Å². The number of aliphatic hydroxyl groups excluding tert-OH is 1. The molecular formula is C10H16F6O2. The van der Waals surface area contributed by atoms with E-state index in [2.05, 4.69) is 0 Å². The lowest BCUT2D eigenvalue weighted by Crippen LogP contribution is -2.61. The van der Waals surface area contributed by atoms with Crippen LogP contribution in [0.2, 0.25) is 0 Å². The zero-order valence-corrected chi connectivity index (χ0v) is 9.94. The van der Waals surface area contributed by atoms with Crippen LogP contribution in [-0.2, 0) is 0 Å². The summed E-state index contributed by atoms with van der Waals surface area (Å²) in [5.74, 6) is -2.45. The van der Waals surface area contributed by atoms with Gasteiger partial charge in [0.15, 0.2) is 0 Å². The largest absolute Gasteiger partial charge is 0.426 e. The molecule has 0 aliphatic rings. The first-order valence-corrected chi connectivity index (χ1v) is 5.34. The van der Waals surface area contributed by atoms with E-state index in [4.69, 9.17) is 10.2 Å². The lowest BCUT2D eigenvalue weighted by Gasteiger charge is -2.37. The molecule has 0 saturated carbocycles. The lowest BCUT2D eigenvalue weighted by atomic mass is 9.82. The maximum atomic E-state index is 12.4. The van der Waals surface area contributed by atoms with E-state index in [1.807, 2.05) is 0 Å². The fourth-order valence-electron chi connectivity index (χ4n) is 1.55. The molecule has 0 heterocycles. The standard InChI is InChI=1S/C10H16F6O2/c1-6(5-17)3-4-7(2)8(18,9(11,12)13)10(14,15)16/h6-7,17-18H,3-5H2,1-2H3. The van der Waals surface area contributed by atoms with Gasteiger partial charge in [-0.15, -0.1) is 0 Å². The molecule has 0 aliphatic carbocycles. The molecule has 2 N–H and O–H groups in total. The van der Waals surface area contributed by atoms with Gasteiger partial charge in [0.25, 0.3) is 5.60 Å². The van der Waals surface area contributed by atoms with Crippen LogP contribution in [0.3, 0.4) is 0 Å². The van der Waals surface area contributed by atoms with Crippen LogP contribution in [0.15, 0.2) is 0 Å². The van der Waals surface area contributed by atoms with Gasteiger partial charge in [-0.2, -0.15) is 26.3 Å². The molecule has 2 nitrogen and oxygen atoms in total. The van der Waals surface area contributed by atoms with Crippen molar-refractivity contribution in [2.75, 3.05) is 6.61 Å². The van der Waals surface area contributed by atoms with Crippen molar-refractivity contribution >= 4 is 0 Å². The van der Waals surface area contributed by atoms with E-state index < -0.39 is 36.2 Å². The monoisotopic (exact) mass is 282 g/mol. The number of aliphatic hydroxyl groups is 2. The minimum Gasteiger partial charge on any atom is -0.396 e. The molecule has 0 radical (unpaired) electrons. The van der Waals surface area contributed by atoms with Gasteiger partial charge in [-0.3, -0.25) is 0 Å². The van der Waals surface area contributed by atoms with E-state index in [9.17, 15) is 26.3 Å². The van der Waals surface area contributed by atoms with E-state index in [1.165, 1.54) is 6.92 Å². The Kier molecular flexibility index (Phi) is 5.49. The Balaban J connectivity index is 5.01. The molecule has 2 atom stereocenters. The topological polar surface area (TPSA) is 40.5 Å². The van der Waals surface area contributed by atoms with Gasteiger partial charge in [-0.25, -0.2) is 0 Å². The van der Waals surface area contributed by atoms with Crippen molar-refractivity contribution in [2.24, 2.45) is 11.8 Å². The third-order valence-corrected chi connectivity index (χ3v) is 2.98. The zero-order valence-electron chi connectivity index (χ0n) is 9.94. The van der Waals surface area contributed by atoms with Gasteiger partial charge in [0, 0.05) is 12.5 Å². The first kappa shape index (κ1) is 17.5. The van der Waals surface area contributed by atoms with Crippen LogP contribution in [-0.4, -0.2) is 34.8 Å². The first-order valence-electron chi connectivity index (χ1n) is 5.34. The van der Waals surface area contributed by atoms with Crippen LogP contribution >= 0.6 is 0 Å². The van der Waals surface area contributed by atoms with Gasteiger partial charge < -0.3 is 10.2 Å². The predicted molar refractivity (Wildman–Crippen MR) is 51.7 cm³/mol. The Labute approximate surface area is 101 Å². The van der Waals surface area contributed by atoms with Gasteiger partial charge >= 0.3 is 12.4 Å². The number of hydrogen-bond acceptors (Lipinski definition) is 2. The van der Waals surface area contributed by atoms with Crippen molar-refractivity contribution in [3.05, 3.63) is 0 Å². The molecule has 110 valence electrons. The Hall–Kier alpha value is -0.500. The van der Waals surface area contributed by atoms with E-state index in [1.54, 1.807) is 0 Å². The number of alkyl halides is 6. The van der Waals surface area contributed by atoms with E-state index in [-0.39, 0.29) is 13.0 Å². The van der Waals surface area contributed by atoms with E-state index >= 15 is 0 Å². The molecule has 0 aromatic heterocycles. The minimum absolute atomic E-state index is 0.0356. The van der Waals surface area contributed by atoms with Crippen LogP contribution in [0.25, 0.3) is 0 Å². The highest BCUT2D eigenvalue weighted by Crippen LogP contribution is 2.48. The molecular weight excluding hydrogens is 266 g/mol. The van der Waals surface area contributed by atoms with Gasteiger partial charge in [-0.1, -0.05) is 13.8 Å². The number of hydrogen-bond donors (Lipinski definition) is 2. The van der Waals surface area contributed by atoms with Gasteiger partial charge in [0.2, 0.25) is 0 Å². The van der Waals surface area contributed by atoms with E-state index in [0.717, 1.165) is 0 Å². The van der Waals surface area contributed by atoms with Gasteiger partial charge in [0.1, 0.15) is 0 Å². The lowest BCUT2D eigenvalue weighted by molar-refractivity contribution is -0.384. The highest BCUT2D eigenvalue weighted by molar-refractivity contribution is 4.97. The summed E-state index contributed by atoms with van der Waals surface area (Å²) in [4.78, 5) is 0. The summed E-state index contributed by atoms with van der Waals surface area (Å²) in [6, 6.07) is 0. The van der Waals surface area contributed by atoms with Crippen LogP contribution in [0.4, 0.5) is 26.3 Å². The van der Waals surface area contributed by atoms with Crippen molar-refractivity contribution in [1.29, 1.82) is 0 Å². The third kappa shape index (κ3) is 3.50. The maximum Gasteiger partial charge on any atom is 0.426 e. The highest BCUT2D eigenvalue weighted by atomic mass is 19.4. The molecule has 0 aliphatic heterocycles. The van der Waals surface area contributed by atoms with Crippen molar-refractivity contribution in [3.63, 3.8) is 0 Å². The second kappa shape index (κ2) is 5.64. The molecule has 0 fully saturated rings. The normalized spacial score (nSPS) is 17.7. The van der Waals surface area contributed by atoms with Crippen molar-refractivity contribution in [3.8, 4) is 0 Å². The molecule has 2 unspecified atom stereocenters. The summed E-state index contributed by atoms with van der Waals surface area (Å²) in [5, 5.41) is 17.7. The summed E-state index contributed by atoms with van der Waals surface area (Å²) in [6.07, 6.45) is -12.1. The van der Waals surface area contributed by atoms with Crippen molar-refractivity contribution in [2.45, 2.75) is 44.6 Å². The molecule has 8 heteroatoms. The maximum absolute atomic E-state index is 12.4. The molecule has 0 rings (SSSR count). The molecule has 0 amide bonds. The Morgan fingerprint density at radius 3 is 1.56 bits per heavy atom. The Morgan fingerprint density at radius 1 is 0.889 bits per heavy atom. The predicted octanol–water partition coefficient (Wildman–Crippen LogP) is 2.89. The minimum atomic E-state index is -5.78. The number of halogens is 6. The average molecular weight is 282 g/mol. The quantitative estimate of drug-likeness (QED) is 0.761. The zero-order chi connectivity index (χ0) is 14.8. The fourth-order valence-corrected chi connectivity index (χ4v) is 1.55. The van der Waals surface area contributed by atoms with Crippen LogP contribution < -0.4 is 0 Å². The molecule has 0 aromatic carbocycles. The van der Waals surface area contributed by atoms with Gasteiger partial charge in [0.05, 0.1) is 0 Å². The third-order valence-electron chi connectivity index (χ3n) is 2.98. The molecule has 0 bridgehead atoms. The number of rotatable bonds is 5. The van der Waals surface area contributed by atoms with Crippen LogP contribution in [0.5, 0.6) is 0 Å². The SMILES string of the molecule is CC(CO)CCC(C)C(O)(C(F)(F)F)C(F)(F)F. The Morgan fingerprint density at radius 2 is 1.28 bits per heavy atom. The summed E-state index contributed by atoms with van der Waals surface area (Å²) >= 11 is 0. The summed E-state index contributed by atoms with van der Waals surface area (Å²) in [5.41, 5.74) is -4.71. The first-order chi connectivity index (χ1) is 7.88. The molecule has 18 heavy (non-hydrogen) atoms. The van der Waals surface area contributed by atoms with Crippen LogP contribution in [0, 0.1) is 11.8 Å². The summed E-state index contributed by atoms with van der Waals surface area (Å²) in [6.45, 7) is 1.86. The second-order valence-corrected chi connectivity index (χ2v) is 4.53. The van der Waals surface area contributed by atoms with E-state index in [0.29, 0.717) is 6.92 Å². The van der Waals surface area contributed by atoms with Crippen molar-refractivity contribution < 1.29 is 36.6 Å². The summed E-state index contributed by atoms with van der Waals surface area (Å²) < 4.78 is 74.6. The molecule has 0 saturated heterocycles. The fraction of sp³-hybridized carbons (Fsp3) is 1.00. The smallest absolute Gasteiger partial charge is 0.396 e. The molecule has 0 spiro atoms. The van der Waals surface area contributed by atoms with Crippen LogP contribution in [0.1, 0.15) is 26.7 Å². The van der Waals surface area contributed by atoms with Crippen molar-refractivity contribution in [1.82, 2.24) is 0 Å².